The lowest BCUT2D eigenvalue weighted by molar-refractivity contribution is -0.141. The Morgan fingerprint density at radius 1 is 1.29 bits per heavy atom. The molecule has 0 aromatic heterocycles. The molecule has 3 heteroatoms. The number of fused-ring (bicyclic) bond motifs is 1. The topological polar surface area (TPSA) is 43.4 Å². The molecule has 0 bridgehead atoms. The van der Waals surface area contributed by atoms with Gasteiger partial charge in [-0.3, -0.25) is 9.59 Å². The Labute approximate surface area is 147 Å². The van der Waals surface area contributed by atoms with Gasteiger partial charge in [-0.25, -0.2) is 0 Å². The minimum absolute atomic E-state index is 0.186. The molecule has 0 radical (unpaired) electrons. The van der Waals surface area contributed by atoms with Gasteiger partial charge in [0.15, 0.2) is 5.78 Å². The van der Waals surface area contributed by atoms with E-state index in [1.807, 2.05) is 6.08 Å². The second-order valence-electron chi connectivity index (χ2n) is 8.92. The standard InChI is InChI=1S/C21H34O3/c1-15(9-12-24-16(2)22)7-8-17-13-18(23)14-19-20(3,4)10-6-11-21(17,19)5/h13,15,19H,6-12,14H2,1-5H3/t15-,19-,21+/m0/s1. The molecular formula is C21H34O3. The van der Waals surface area contributed by atoms with E-state index >= 15 is 0 Å². The van der Waals surface area contributed by atoms with Crippen LogP contribution in [0.15, 0.2) is 11.6 Å². The highest BCUT2D eigenvalue weighted by Gasteiger charge is 2.50. The monoisotopic (exact) mass is 334 g/mol. The third-order valence-corrected chi connectivity index (χ3v) is 6.53. The molecule has 1 fully saturated rings. The van der Waals surface area contributed by atoms with E-state index in [2.05, 4.69) is 27.7 Å². The van der Waals surface area contributed by atoms with Crippen LogP contribution in [-0.2, 0) is 14.3 Å². The van der Waals surface area contributed by atoms with Gasteiger partial charge >= 0.3 is 5.97 Å². The first-order valence-corrected chi connectivity index (χ1v) is 9.52. The van der Waals surface area contributed by atoms with Crippen molar-refractivity contribution in [2.45, 2.75) is 79.6 Å². The zero-order chi connectivity index (χ0) is 18.0. The number of esters is 1. The van der Waals surface area contributed by atoms with E-state index in [0.717, 1.165) is 25.7 Å². The lowest BCUT2D eigenvalue weighted by atomic mass is 9.50. The molecule has 0 unspecified atom stereocenters. The first-order chi connectivity index (χ1) is 11.1. The largest absolute Gasteiger partial charge is 0.466 e. The lowest BCUT2D eigenvalue weighted by Crippen LogP contribution is -2.46. The van der Waals surface area contributed by atoms with Gasteiger partial charge in [0.05, 0.1) is 6.61 Å². The number of rotatable bonds is 6. The van der Waals surface area contributed by atoms with E-state index in [1.54, 1.807) is 0 Å². The van der Waals surface area contributed by atoms with Crippen LogP contribution in [0, 0.1) is 22.7 Å². The van der Waals surface area contributed by atoms with Crippen LogP contribution >= 0.6 is 0 Å². The average Bonchev–Trinajstić information content (AvgIpc) is 2.46. The number of hydrogen-bond donors (Lipinski definition) is 0. The number of ether oxygens (including phenoxy) is 1. The molecule has 2 aliphatic carbocycles. The first kappa shape index (κ1) is 19.2. The number of ketones is 1. The van der Waals surface area contributed by atoms with Gasteiger partial charge in [-0.1, -0.05) is 39.7 Å². The van der Waals surface area contributed by atoms with Gasteiger partial charge in [-0.2, -0.15) is 0 Å². The predicted molar refractivity (Wildman–Crippen MR) is 96.6 cm³/mol. The summed E-state index contributed by atoms with van der Waals surface area (Å²) in [6.07, 6.45) is 9.32. The highest BCUT2D eigenvalue weighted by molar-refractivity contribution is 5.92. The van der Waals surface area contributed by atoms with Crippen molar-refractivity contribution in [3.8, 4) is 0 Å². The maximum Gasteiger partial charge on any atom is 0.302 e. The van der Waals surface area contributed by atoms with Gasteiger partial charge in [-0.05, 0) is 60.8 Å². The SMILES string of the molecule is CC(=O)OCC[C@@H](C)CCC1=CC(=O)C[C@H]2C(C)(C)CCC[C@]12C. The highest BCUT2D eigenvalue weighted by Crippen LogP contribution is 2.58. The van der Waals surface area contributed by atoms with Crippen molar-refractivity contribution in [1.82, 2.24) is 0 Å². The van der Waals surface area contributed by atoms with Crippen molar-refractivity contribution < 1.29 is 14.3 Å². The van der Waals surface area contributed by atoms with Crippen molar-refractivity contribution in [3.63, 3.8) is 0 Å². The quantitative estimate of drug-likeness (QED) is 0.636. The molecule has 0 spiro atoms. The van der Waals surface area contributed by atoms with Crippen molar-refractivity contribution >= 4 is 11.8 Å². The van der Waals surface area contributed by atoms with Crippen LogP contribution < -0.4 is 0 Å². The lowest BCUT2D eigenvalue weighted by Gasteiger charge is -2.54. The fourth-order valence-corrected chi connectivity index (χ4v) is 4.94. The van der Waals surface area contributed by atoms with Gasteiger partial charge in [0.25, 0.3) is 0 Å². The van der Waals surface area contributed by atoms with Crippen molar-refractivity contribution in [2.24, 2.45) is 22.7 Å². The molecule has 3 atom stereocenters. The molecule has 1 saturated carbocycles. The highest BCUT2D eigenvalue weighted by atomic mass is 16.5. The van der Waals surface area contributed by atoms with Crippen LogP contribution in [0.2, 0.25) is 0 Å². The summed E-state index contributed by atoms with van der Waals surface area (Å²) in [6, 6.07) is 0. The molecule has 0 heterocycles. The van der Waals surface area contributed by atoms with Gasteiger partial charge in [-0.15, -0.1) is 0 Å². The van der Waals surface area contributed by atoms with E-state index in [1.165, 1.54) is 31.8 Å². The Bertz CT molecular complexity index is 517. The Kier molecular flexibility index (Phi) is 5.93. The summed E-state index contributed by atoms with van der Waals surface area (Å²) in [5.74, 6) is 1.08. The minimum Gasteiger partial charge on any atom is -0.466 e. The van der Waals surface area contributed by atoms with Crippen LogP contribution in [0.25, 0.3) is 0 Å². The molecule has 24 heavy (non-hydrogen) atoms. The molecule has 0 aromatic carbocycles. The maximum absolute atomic E-state index is 12.3. The van der Waals surface area contributed by atoms with E-state index in [9.17, 15) is 9.59 Å². The molecule has 0 aromatic rings. The molecule has 0 amide bonds. The fourth-order valence-electron chi connectivity index (χ4n) is 4.94. The number of carbonyl (C=O) groups excluding carboxylic acids is 2. The second-order valence-corrected chi connectivity index (χ2v) is 8.92. The van der Waals surface area contributed by atoms with E-state index in [-0.39, 0.29) is 16.8 Å². The van der Waals surface area contributed by atoms with Gasteiger partial charge in [0.2, 0.25) is 0 Å². The second kappa shape index (κ2) is 7.41. The summed E-state index contributed by atoms with van der Waals surface area (Å²) < 4.78 is 5.05. The first-order valence-electron chi connectivity index (χ1n) is 9.52. The van der Waals surface area contributed by atoms with E-state index in [0.29, 0.717) is 24.2 Å². The van der Waals surface area contributed by atoms with Gasteiger partial charge in [0, 0.05) is 13.3 Å². The Balaban J connectivity index is 2.00. The van der Waals surface area contributed by atoms with Crippen molar-refractivity contribution in [1.29, 1.82) is 0 Å². The molecule has 0 aliphatic heterocycles. The fraction of sp³-hybridized carbons (Fsp3) is 0.810. The summed E-state index contributed by atoms with van der Waals surface area (Å²) in [5, 5.41) is 0. The van der Waals surface area contributed by atoms with E-state index in [4.69, 9.17) is 4.74 Å². The third kappa shape index (κ3) is 4.29. The molecule has 2 rings (SSSR count). The smallest absolute Gasteiger partial charge is 0.302 e. The summed E-state index contributed by atoms with van der Waals surface area (Å²) in [7, 11) is 0. The molecule has 0 saturated heterocycles. The van der Waals surface area contributed by atoms with Crippen LogP contribution in [0.4, 0.5) is 0 Å². The van der Waals surface area contributed by atoms with Crippen LogP contribution in [0.3, 0.4) is 0 Å². The Morgan fingerprint density at radius 2 is 2.00 bits per heavy atom. The van der Waals surface area contributed by atoms with Gasteiger partial charge < -0.3 is 4.74 Å². The normalized spacial score (nSPS) is 30.3. The molecule has 0 N–H and O–H groups in total. The Morgan fingerprint density at radius 3 is 2.67 bits per heavy atom. The maximum atomic E-state index is 12.3. The van der Waals surface area contributed by atoms with Crippen LogP contribution in [0.1, 0.15) is 79.6 Å². The Hall–Kier alpha value is -1.12. The summed E-state index contributed by atoms with van der Waals surface area (Å²) in [4.78, 5) is 23.2. The van der Waals surface area contributed by atoms with Crippen molar-refractivity contribution in [3.05, 3.63) is 11.6 Å². The molecular weight excluding hydrogens is 300 g/mol. The number of hydrogen-bond acceptors (Lipinski definition) is 3. The number of allylic oxidation sites excluding steroid dienone is 2. The van der Waals surface area contributed by atoms with Crippen molar-refractivity contribution in [2.75, 3.05) is 6.61 Å². The summed E-state index contributed by atoms with van der Waals surface area (Å²) >= 11 is 0. The zero-order valence-corrected chi connectivity index (χ0v) is 16.1. The molecule has 2 aliphatic rings. The third-order valence-electron chi connectivity index (χ3n) is 6.53. The van der Waals surface area contributed by atoms with Gasteiger partial charge in [0.1, 0.15) is 0 Å². The minimum atomic E-state index is -0.206. The average molecular weight is 335 g/mol. The molecule has 136 valence electrons. The predicted octanol–water partition coefficient (Wildman–Crippen LogP) is 5.09. The summed E-state index contributed by atoms with van der Waals surface area (Å²) in [6.45, 7) is 11.2. The van der Waals surface area contributed by atoms with E-state index < -0.39 is 0 Å². The molecule has 3 nitrogen and oxygen atoms in total. The zero-order valence-electron chi connectivity index (χ0n) is 16.1. The summed E-state index contributed by atoms with van der Waals surface area (Å²) in [5.41, 5.74) is 1.81. The van der Waals surface area contributed by atoms with Crippen LogP contribution in [-0.4, -0.2) is 18.4 Å². The number of carbonyl (C=O) groups is 2. The van der Waals surface area contributed by atoms with Crippen LogP contribution in [0.5, 0.6) is 0 Å².